The van der Waals surface area contributed by atoms with Gasteiger partial charge in [0.1, 0.15) is 21.4 Å². The van der Waals surface area contributed by atoms with E-state index in [1.165, 1.54) is 22.7 Å². The summed E-state index contributed by atoms with van der Waals surface area (Å²) in [5.74, 6) is -0.530. The Balaban J connectivity index is 1.36. The maximum atomic E-state index is 13.7. The molecular formula is C36H49N7O5S2. The van der Waals surface area contributed by atoms with Crippen molar-refractivity contribution in [3.05, 3.63) is 68.1 Å². The number of benzene rings is 1. The molecule has 270 valence electrons. The fourth-order valence-corrected chi connectivity index (χ4v) is 8.19. The van der Waals surface area contributed by atoms with Gasteiger partial charge in [-0.1, -0.05) is 44.2 Å². The lowest BCUT2D eigenvalue weighted by molar-refractivity contribution is -0.137. The first kappa shape index (κ1) is 37.5. The summed E-state index contributed by atoms with van der Waals surface area (Å²) < 4.78 is 0. The molecule has 14 heteroatoms. The monoisotopic (exact) mass is 723 g/mol. The molecule has 0 unspecified atom stereocenters. The van der Waals surface area contributed by atoms with Gasteiger partial charge in [0.05, 0.1) is 18.7 Å². The number of fused-ring (bicyclic) bond motifs is 4. The molecule has 4 bridgehead atoms. The molecule has 1 aromatic carbocycles. The van der Waals surface area contributed by atoms with E-state index < -0.39 is 6.04 Å². The maximum absolute atomic E-state index is 13.7. The lowest BCUT2D eigenvalue weighted by atomic mass is 9.95. The molecular weight excluding hydrogens is 675 g/mol. The molecule has 2 aliphatic rings. The van der Waals surface area contributed by atoms with Crippen LogP contribution in [0.25, 0.3) is 0 Å². The molecule has 0 spiro atoms. The third kappa shape index (κ3) is 10.6. The van der Waals surface area contributed by atoms with Gasteiger partial charge in [0, 0.05) is 49.3 Å². The summed E-state index contributed by atoms with van der Waals surface area (Å²) in [6.07, 6.45) is 3.91. The highest BCUT2D eigenvalue weighted by molar-refractivity contribution is 7.10. The number of nitrogens with zero attached hydrogens (tertiary/aromatic N) is 4. The van der Waals surface area contributed by atoms with Crippen molar-refractivity contribution in [3.8, 4) is 0 Å². The number of piperidine rings is 1. The average Bonchev–Trinajstić information content (AvgIpc) is 3.80. The van der Waals surface area contributed by atoms with E-state index in [2.05, 4.69) is 44.7 Å². The van der Waals surface area contributed by atoms with Gasteiger partial charge in [0.25, 0.3) is 11.8 Å². The second-order valence-electron chi connectivity index (χ2n) is 13.5. The van der Waals surface area contributed by atoms with Crippen LogP contribution in [0.2, 0.25) is 0 Å². The van der Waals surface area contributed by atoms with Crippen LogP contribution in [0, 0.1) is 11.8 Å². The maximum Gasteiger partial charge on any atom is 0.271 e. The van der Waals surface area contributed by atoms with Crippen LogP contribution in [0.15, 0.2) is 41.1 Å². The van der Waals surface area contributed by atoms with Gasteiger partial charge >= 0.3 is 0 Å². The van der Waals surface area contributed by atoms with Gasteiger partial charge in [-0.2, -0.15) is 0 Å². The van der Waals surface area contributed by atoms with Crippen LogP contribution in [0.3, 0.4) is 0 Å². The van der Waals surface area contributed by atoms with Crippen LogP contribution in [0.4, 0.5) is 0 Å². The number of amides is 4. The predicted octanol–water partition coefficient (Wildman–Crippen LogP) is 3.96. The Morgan fingerprint density at radius 2 is 1.56 bits per heavy atom. The Morgan fingerprint density at radius 3 is 2.24 bits per heavy atom. The normalized spacial score (nSPS) is 20.9. The second kappa shape index (κ2) is 18.5. The second-order valence-corrected chi connectivity index (χ2v) is 15.3. The Hall–Kier alpha value is -3.72. The number of hydrogen-bond acceptors (Lipinski definition) is 10. The van der Waals surface area contributed by atoms with Crippen molar-refractivity contribution in [1.82, 2.24) is 35.7 Å². The van der Waals surface area contributed by atoms with Crippen LogP contribution >= 0.6 is 22.7 Å². The van der Waals surface area contributed by atoms with Crippen LogP contribution in [-0.2, 0) is 16.0 Å². The molecule has 4 N–H and O–H groups in total. The number of β-amino-alcohol motifs (C(OH)–C–C–N with tert-alkyl or cyclic N) is 1. The summed E-state index contributed by atoms with van der Waals surface area (Å²) in [5.41, 5.74) is 1.56. The van der Waals surface area contributed by atoms with Crippen LogP contribution < -0.4 is 16.0 Å². The minimum Gasteiger partial charge on any atom is -0.395 e. The zero-order valence-electron chi connectivity index (χ0n) is 28.9. The van der Waals surface area contributed by atoms with Crippen LogP contribution in [-0.4, -0.2) is 94.4 Å². The van der Waals surface area contributed by atoms with Crippen molar-refractivity contribution < 1.29 is 24.3 Å². The number of aliphatic hydroxyl groups is 1. The van der Waals surface area contributed by atoms with Crippen LogP contribution in [0.1, 0.15) is 101 Å². The van der Waals surface area contributed by atoms with E-state index >= 15 is 0 Å². The molecule has 1 saturated heterocycles. The molecule has 4 heterocycles. The number of carbonyl (C=O) groups is 4. The zero-order valence-corrected chi connectivity index (χ0v) is 30.6. The number of rotatable bonds is 7. The third-order valence-corrected chi connectivity index (χ3v) is 11.0. The molecule has 2 aliphatic heterocycles. The van der Waals surface area contributed by atoms with E-state index in [0.717, 1.165) is 31.5 Å². The lowest BCUT2D eigenvalue weighted by Crippen LogP contribution is -2.44. The van der Waals surface area contributed by atoms with Crippen molar-refractivity contribution >= 4 is 46.3 Å². The van der Waals surface area contributed by atoms with Gasteiger partial charge in [0.2, 0.25) is 11.8 Å². The lowest BCUT2D eigenvalue weighted by Gasteiger charge is -2.34. The molecule has 0 saturated carbocycles. The predicted molar refractivity (Wildman–Crippen MR) is 194 cm³/mol. The molecule has 1 fully saturated rings. The summed E-state index contributed by atoms with van der Waals surface area (Å²) in [5, 5.41) is 23.2. The van der Waals surface area contributed by atoms with Crippen LogP contribution in [0.5, 0.6) is 0 Å². The Morgan fingerprint density at radius 1 is 0.900 bits per heavy atom. The minimum atomic E-state index is -0.489. The van der Waals surface area contributed by atoms with E-state index in [1.54, 1.807) is 10.8 Å². The molecule has 2 aromatic heterocycles. The summed E-state index contributed by atoms with van der Waals surface area (Å²) in [4.78, 5) is 67.1. The third-order valence-electron chi connectivity index (χ3n) is 9.12. The zero-order chi connectivity index (χ0) is 35.5. The first-order chi connectivity index (χ1) is 24.2. The Labute approximate surface area is 302 Å². The molecule has 3 aromatic rings. The highest BCUT2D eigenvalue weighted by Crippen LogP contribution is 2.27. The van der Waals surface area contributed by atoms with E-state index in [1.807, 2.05) is 35.2 Å². The van der Waals surface area contributed by atoms with E-state index in [0.29, 0.717) is 61.9 Å². The van der Waals surface area contributed by atoms with E-state index in [9.17, 15) is 24.3 Å². The van der Waals surface area contributed by atoms with Gasteiger partial charge < -0.3 is 30.9 Å². The number of thiazole rings is 2. The summed E-state index contributed by atoms with van der Waals surface area (Å²) in [7, 11) is 0. The fraction of sp³-hybridized carbons (Fsp3) is 0.556. The molecule has 0 radical (unpaired) electrons. The number of aromatic nitrogens is 2. The van der Waals surface area contributed by atoms with Crippen molar-refractivity contribution in [1.29, 1.82) is 0 Å². The number of nitrogens with one attached hydrogen (secondary N) is 3. The number of carbonyl (C=O) groups excluding carboxylic acids is 4. The van der Waals surface area contributed by atoms with Gasteiger partial charge in [0.15, 0.2) is 0 Å². The summed E-state index contributed by atoms with van der Waals surface area (Å²) >= 11 is 2.67. The van der Waals surface area contributed by atoms with Gasteiger partial charge in [-0.15, -0.1) is 22.7 Å². The summed E-state index contributed by atoms with van der Waals surface area (Å²) in [6, 6.07) is 8.96. The van der Waals surface area contributed by atoms with Crippen molar-refractivity contribution in [2.75, 3.05) is 45.9 Å². The highest BCUT2D eigenvalue weighted by atomic mass is 32.1. The van der Waals surface area contributed by atoms with Crippen molar-refractivity contribution in [3.63, 3.8) is 0 Å². The molecule has 0 aliphatic carbocycles. The van der Waals surface area contributed by atoms with Crippen molar-refractivity contribution in [2.45, 2.75) is 70.9 Å². The fourth-order valence-electron chi connectivity index (χ4n) is 6.47. The molecule has 2 atom stereocenters. The Bertz CT molecular complexity index is 1570. The van der Waals surface area contributed by atoms with Gasteiger partial charge in [-0.05, 0) is 63.1 Å². The number of likely N-dealkylation sites (tertiary alicyclic amines) is 1. The number of aliphatic hydroxyl groups excluding tert-OH is 1. The first-order valence-corrected chi connectivity index (χ1v) is 19.4. The molecule has 12 nitrogen and oxygen atoms in total. The molecule has 50 heavy (non-hydrogen) atoms. The molecule has 5 rings (SSSR count). The van der Waals surface area contributed by atoms with E-state index in [-0.39, 0.29) is 65.9 Å². The quantitative estimate of drug-likeness (QED) is 0.286. The number of hydrogen-bond donors (Lipinski definition) is 4. The van der Waals surface area contributed by atoms with E-state index in [4.69, 9.17) is 0 Å². The summed E-state index contributed by atoms with van der Waals surface area (Å²) in [6.45, 7) is 7.67. The largest absolute Gasteiger partial charge is 0.395 e. The SMILES string of the molecule is CC(C)C[C@@H]1NC(=O)CCCN(C(=O)C2CCN(CCO)CC2)CCCNC(=O)c2csc(n2)[C@H](Cc2ccccc2)NC(=O)c2csc1n2. The highest BCUT2D eigenvalue weighted by Gasteiger charge is 2.29. The average molecular weight is 724 g/mol. The molecule has 4 amide bonds. The first-order valence-electron chi connectivity index (χ1n) is 17.6. The van der Waals surface area contributed by atoms with Gasteiger partial charge in [-0.3, -0.25) is 19.2 Å². The smallest absolute Gasteiger partial charge is 0.271 e. The van der Waals surface area contributed by atoms with Gasteiger partial charge in [-0.25, -0.2) is 9.97 Å². The van der Waals surface area contributed by atoms with Crippen molar-refractivity contribution in [2.24, 2.45) is 11.8 Å². The minimum absolute atomic E-state index is 0.0811. The Kier molecular flexibility index (Phi) is 13.9. The topological polar surface area (TPSA) is 157 Å². The standard InChI is InChI=1S/C36H49N7O5S2/c1-24(2)20-27-34-41-30(23-50-34)33(47)39-28(21-25-8-4-3-5-9-25)35-40-29(22-49-35)32(46)37-13-7-15-43(14-6-10-31(45)38-27)36(48)26-11-16-42(17-12-26)18-19-44/h3-5,8-9,22-24,26-28,44H,6-7,10-21H2,1-2H3,(H,37,46)(H,38,45)(H,39,47)/t27-,28-/m0/s1.